The summed E-state index contributed by atoms with van der Waals surface area (Å²) >= 11 is 0. The molecule has 0 bridgehead atoms. The van der Waals surface area contributed by atoms with Crippen LogP contribution in [0.1, 0.15) is 57.8 Å². The van der Waals surface area contributed by atoms with E-state index >= 15 is 0 Å². The van der Waals surface area contributed by atoms with Crippen molar-refractivity contribution in [2.24, 2.45) is 16.3 Å². The number of rotatable bonds is 3. The van der Waals surface area contributed by atoms with Gasteiger partial charge in [0, 0.05) is 0 Å². The zero-order valence-electron chi connectivity index (χ0n) is 11.8. The van der Waals surface area contributed by atoms with Crippen molar-refractivity contribution in [1.29, 1.82) is 0 Å². The Morgan fingerprint density at radius 3 is 2.40 bits per heavy atom. The van der Waals surface area contributed by atoms with Gasteiger partial charge in [-0.05, 0) is 25.7 Å². The molecule has 2 aliphatic carbocycles. The predicted octanol–water partition coefficient (Wildman–Crippen LogP) is 1.10. The number of nitrogens with two attached hydrogens (primary N) is 1. The number of oxime groups is 1. The number of hydrogen-bond donors (Lipinski definition) is 4. The summed E-state index contributed by atoms with van der Waals surface area (Å²) in [5, 5.41) is 25.0. The number of nitrogens with zero attached hydrogens (tertiary/aromatic N) is 1. The minimum absolute atomic E-state index is 0.000000709. The molecule has 2 atom stereocenters. The van der Waals surface area contributed by atoms with Crippen LogP contribution in [0.3, 0.4) is 0 Å². The van der Waals surface area contributed by atoms with Gasteiger partial charge in [-0.1, -0.05) is 37.3 Å². The van der Waals surface area contributed by atoms with Crippen LogP contribution in [0, 0.1) is 5.41 Å². The van der Waals surface area contributed by atoms with E-state index in [1.807, 2.05) is 0 Å². The average molecular weight is 283 g/mol. The van der Waals surface area contributed by atoms with Crippen LogP contribution in [-0.2, 0) is 4.79 Å². The van der Waals surface area contributed by atoms with Gasteiger partial charge in [0.1, 0.15) is 5.41 Å². The molecule has 0 aromatic heterocycles. The Hall–Kier alpha value is -1.30. The third kappa shape index (κ3) is 2.90. The van der Waals surface area contributed by atoms with Gasteiger partial charge in [-0.25, -0.2) is 0 Å². The highest BCUT2D eigenvalue weighted by atomic mass is 16.4. The number of carbonyl (C=O) groups is 1. The molecule has 2 aliphatic rings. The Labute approximate surface area is 119 Å². The van der Waals surface area contributed by atoms with Crippen LogP contribution in [0.4, 0.5) is 0 Å². The van der Waals surface area contributed by atoms with E-state index in [1.54, 1.807) is 0 Å². The molecule has 0 aromatic carbocycles. The molecule has 0 saturated heterocycles. The maximum Gasteiger partial charge on any atom is 0.234 e. The van der Waals surface area contributed by atoms with Gasteiger partial charge in [0.05, 0.1) is 12.1 Å². The van der Waals surface area contributed by atoms with Gasteiger partial charge in [-0.3, -0.25) is 4.79 Å². The normalized spacial score (nSPS) is 30.8. The number of aliphatic hydroxyl groups is 1. The molecule has 0 spiro atoms. The summed E-state index contributed by atoms with van der Waals surface area (Å²) in [6, 6.07) is -0.207. The Bertz CT molecular complexity index is 378. The zero-order chi connectivity index (χ0) is 14.6. The predicted molar refractivity (Wildman–Crippen MR) is 75.3 cm³/mol. The molecule has 2 fully saturated rings. The Kier molecular flexibility index (Phi) is 4.86. The van der Waals surface area contributed by atoms with Crippen LogP contribution in [0.15, 0.2) is 5.16 Å². The minimum atomic E-state index is -0.899. The van der Waals surface area contributed by atoms with Crippen molar-refractivity contribution in [3.8, 4) is 0 Å². The fourth-order valence-corrected chi connectivity index (χ4v) is 3.44. The highest BCUT2D eigenvalue weighted by Gasteiger charge is 2.45. The second-order valence-corrected chi connectivity index (χ2v) is 6.06. The number of nitrogens with one attached hydrogen (secondary N) is 1. The summed E-state index contributed by atoms with van der Waals surface area (Å²) < 4.78 is 0. The largest absolute Gasteiger partial charge is 0.409 e. The molecule has 1 amide bonds. The number of amides is 1. The van der Waals surface area contributed by atoms with Crippen molar-refractivity contribution < 1.29 is 15.1 Å². The van der Waals surface area contributed by atoms with Crippen molar-refractivity contribution in [2.45, 2.75) is 69.9 Å². The van der Waals surface area contributed by atoms with Crippen LogP contribution in [0.5, 0.6) is 0 Å². The molecule has 0 radical (unpaired) electrons. The average Bonchev–Trinajstić information content (AvgIpc) is 2.49. The Morgan fingerprint density at radius 2 is 1.80 bits per heavy atom. The van der Waals surface area contributed by atoms with Crippen LogP contribution in [0.25, 0.3) is 0 Å². The van der Waals surface area contributed by atoms with Gasteiger partial charge in [0.25, 0.3) is 0 Å². The lowest BCUT2D eigenvalue weighted by Crippen LogP contribution is -2.55. The van der Waals surface area contributed by atoms with Crippen molar-refractivity contribution in [3.05, 3.63) is 0 Å². The van der Waals surface area contributed by atoms with Gasteiger partial charge in [0.15, 0.2) is 5.84 Å². The van der Waals surface area contributed by atoms with Gasteiger partial charge < -0.3 is 21.4 Å². The summed E-state index contributed by atoms with van der Waals surface area (Å²) in [5.74, 6) is -0.196. The lowest BCUT2D eigenvalue weighted by molar-refractivity contribution is -0.131. The van der Waals surface area contributed by atoms with Crippen LogP contribution < -0.4 is 11.1 Å². The minimum Gasteiger partial charge on any atom is -0.409 e. The topological polar surface area (TPSA) is 108 Å². The first-order valence-corrected chi connectivity index (χ1v) is 7.57. The van der Waals surface area contributed by atoms with Crippen molar-refractivity contribution in [2.75, 3.05) is 0 Å². The molecule has 2 unspecified atom stereocenters. The van der Waals surface area contributed by atoms with Gasteiger partial charge in [-0.15, -0.1) is 0 Å². The molecule has 0 aromatic rings. The molecule has 2 rings (SSSR count). The van der Waals surface area contributed by atoms with Crippen LogP contribution in [0.2, 0.25) is 0 Å². The fourth-order valence-electron chi connectivity index (χ4n) is 3.44. The summed E-state index contributed by atoms with van der Waals surface area (Å²) in [6.45, 7) is 0. The molecular formula is C14H25N3O3. The molecule has 0 heterocycles. The number of aliphatic hydroxyl groups excluding tert-OH is 1. The van der Waals surface area contributed by atoms with Crippen LogP contribution >= 0.6 is 0 Å². The lowest BCUT2D eigenvalue weighted by atomic mass is 9.72. The molecular weight excluding hydrogens is 258 g/mol. The third-order valence-corrected chi connectivity index (χ3v) is 4.79. The quantitative estimate of drug-likeness (QED) is 0.269. The lowest BCUT2D eigenvalue weighted by Gasteiger charge is -2.37. The van der Waals surface area contributed by atoms with E-state index in [2.05, 4.69) is 10.5 Å². The second-order valence-electron chi connectivity index (χ2n) is 6.06. The first kappa shape index (κ1) is 15.1. The monoisotopic (exact) mass is 283 g/mol. The van der Waals surface area contributed by atoms with E-state index in [1.165, 1.54) is 0 Å². The van der Waals surface area contributed by atoms with Crippen molar-refractivity contribution in [3.63, 3.8) is 0 Å². The second kappa shape index (κ2) is 6.43. The standard InChI is InChI=1S/C14H25N3O3/c15-12(17-20)14(8-4-1-5-9-14)13(19)16-10-6-2-3-7-11(10)18/h10-11,18,20H,1-9H2,(H2,15,17)(H,16,19). The smallest absolute Gasteiger partial charge is 0.234 e. The molecule has 6 nitrogen and oxygen atoms in total. The van der Waals surface area contributed by atoms with Gasteiger partial charge in [-0.2, -0.15) is 0 Å². The van der Waals surface area contributed by atoms with Crippen molar-refractivity contribution in [1.82, 2.24) is 5.32 Å². The summed E-state index contributed by atoms with van der Waals surface area (Å²) in [4.78, 5) is 12.6. The highest BCUT2D eigenvalue weighted by Crippen LogP contribution is 2.37. The molecule has 2 saturated carbocycles. The zero-order valence-corrected chi connectivity index (χ0v) is 11.8. The molecule has 6 heteroatoms. The molecule has 20 heavy (non-hydrogen) atoms. The van der Waals surface area contributed by atoms with E-state index in [9.17, 15) is 9.90 Å². The Morgan fingerprint density at radius 1 is 1.15 bits per heavy atom. The maximum atomic E-state index is 12.6. The number of amidine groups is 1. The van der Waals surface area contributed by atoms with Crippen molar-refractivity contribution >= 4 is 11.7 Å². The molecule has 114 valence electrons. The van der Waals surface area contributed by atoms with E-state index in [4.69, 9.17) is 10.9 Å². The first-order chi connectivity index (χ1) is 9.60. The van der Waals surface area contributed by atoms with E-state index in [-0.39, 0.29) is 17.8 Å². The summed E-state index contributed by atoms with van der Waals surface area (Å²) in [5.41, 5.74) is 4.90. The third-order valence-electron chi connectivity index (χ3n) is 4.79. The Balaban J connectivity index is 2.10. The van der Waals surface area contributed by atoms with Crippen LogP contribution in [-0.4, -0.2) is 34.2 Å². The number of carbonyl (C=O) groups excluding carboxylic acids is 1. The van der Waals surface area contributed by atoms with E-state index in [0.717, 1.165) is 44.9 Å². The number of hydrogen-bond acceptors (Lipinski definition) is 4. The van der Waals surface area contributed by atoms with E-state index < -0.39 is 11.5 Å². The fraction of sp³-hybridized carbons (Fsp3) is 0.857. The SMILES string of the molecule is NC(=NO)C1(C(=O)NC2CCCCC2O)CCCCC1. The maximum absolute atomic E-state index is 12.6. The van der Waals surface area contributed by atoms with Gasteiger partial charge in [0.2, 0.25) is 5.91 Å². The first-order valence-electron chi connectivity index (χ1n) is 7.57. The highest BCUT2D eigenvalue weighted by molar-refractivity contribution is 6.06. The molecule has 5 N–H and O–H groups in total. The molecule has 0 aliphatic heterocycles. The summed E-state index contributed by atoms with van der Waals surface area (Å²) in [7, 11) is 0. The van der Waals surface area contributed by atoms with E-state index in [0.29, 0.717) is 12.8 Å². The van der Waals surface area contributed by atoms with Gasteiger partial charge >= 0.3 is 0 Å². The summed E-state index contributed by atoms with van der Waals surface area (Å²) in [6.07, 6.45) is 7.13.